The van der Waals surface area contributed by atoms with Crippen LogP contribution in [0.25, 0.3) is 29.6 Å². The van der Waals surface area contributed by atoms with Gasteiger partial charge in [0.2, 0.25) is 0 Å². The highest BCUT2D eigenvalue weighted by Gasteiger charge is 2.14. The molecule has 0 atom stereocenters. The van der Waals surface area contributed by atoms with E-state index >= 15 is 0 Å². The molecule has 0 saturated heterocycles. The number of hydrogen-bond donors (Lipinski definition) is 2. The van der Waals surface area contributed by atoms with Crippen molar-refractivity contribution in [2.24, 2.45) is 0 Å². The lowest BCUT2D eigenvalue weighted by atomic mass is 9.99. The van der Waals surface area contributed by atoms with E-state index in [2.05, 4.69) is 133 Å². The first-order valence-electron chi connectivity index (χ1n) is 13.5. The molecule has 0 unspecified atom stereocenters. The monoisotopic (exact) mass is 543 g/mol. The van der Waals surface area contributed by atoms with Crippen LogP contribution < -0.4 is 10.6 Å². The third-order valence-corrected chi connectivity index (χ3v) is 7.67. The molecule has 0 aliphatic rings. The number of hydrogen-bond acceptors (Lipinski definition) is 2. The van der Waals surface area contributed by atoms with Crippen molar-refractivity contribution in [1.29, 1.82) is 0 Å². The number of H-pyrrole nitrogens is 2. The van der Waals surface area contributed by atoms with E-state index in [1.807, 2.05) is 18.2 Å². The Morgan fingerprint density at radius 1 is 1.10 bits per heavy atom. The molecular weight excluding hydrogens is 506 g/mol. The normalized spacial score (nSPS) is 13.6. The van der Waals surface area contributed by atoms with Gasteiger partial charge in [-0.25, -0.2) is 0 Å². The Hall–Kier alpha value is -4.41. The lowest BCUT2D eigenvalue weighted by Gasteiger charge is -2.06. The number of benzene rings is 1. The fourth-order valence-corrected chi connectivity index (χ4v) is 5.33. The number of allylic oxidation sites excluding steroid dienone is 9. The Labute approximate surface area is 241 Å². The van der Waals surface area contributed by atoms with Gasteiger partial charge in [0, 0.05) is 16.5 Å². The minimum absolute atomic E-state index is 0.816. The highest BCUT2D eigenvalue weighted by atomic mass is 32.1. The predicted molar refractivity (Wildman–Crippen MR) is 175 cm³/mol. The first-order chi connectivity index (χ1) is 19.4. The number of thiophene rings is 1. The van der Waals surface area contributed by atoms with Crippen LogP contribution in [0.4, 0.5) is 0 Å². The summed E-state index contributed by atoms with van der Waals surface area (Å²) < 4.78 is 0. The molecule has 0 bridgehead atoms. The Kier molecular flexibility index (Phi) is 9.71. The first-order valence-corrected chi connectivity index (χ1v) is 14.4. The van der Waals surface area contributed by atoms with Crippen LogP contribution in [-0.2, 0) is 6.42 Å². The molecule has 4 heteroatoms. The second-order valence-electron chi connectivity index (χ2n) is 9.68. The van der Waals surface area contributed by atoms with Crippen LogP contribution in [0.5, 0.6) is 0 Å². The zero-order chi connectivity index (χ0) is 28.5. The number of nitrogens with zero attached hydrogens (tertiary/aromatic N) is 1. The highest BCUT2D eigenvalue weighted by Crippen LogP contribution is 2.30. The van der Waals surface area contributed by atoms with Crippen molar-refractivity contribution >= 4 is 29.6 Å². The van der Waals surface area contributed by atoms with Gasteiger partial charge in [-0.05, 0) is 96.0 Å². The van der Waals surface area contributed by atoms with Gasteiger partial charge in [-0.15, -0.1) is 0 Å². The maximum absolute atomic E-state index is 4.61. The summed E-state index contributed by atoms with van der Waals surface area (Å²) in [7, 11) is 0. The van der Waals surface area contributed by atoms with Crippen molar-refractivity contribution in [2.45, 2.75) is 33.6 Å². The van der Waals surface area contributed by atoms with Gasteiger partial charge in [0.05, 0.1) is 11.0 Å². The molecule has 1 aromatic carbocycles. The molecule has 3 aromatic heterocycles. The lowest BCUT2D eigenvalue weighted by molar-refractivity contribution is 0.964. The van der Waals surface area contributed by atoms with E-state index in [-0.39, 0.29) is 0 Å². The third kappa shape index (κ3) is 6.77. The van der Waals surface area contributed by atoms with Gasteiger partial charge in [-0.1, -0.05) is 86.5 Å². The molecule has 3 nitrogen and oxygen atoms in total. The Morgan fingerprint density at radius 3 is 2.58 bits per heavy atom. The van der Waals surface area contributed by atoms with Crippen LogP contribution in [0, 0.1) is 6.92 Å². The fraction of sp³-hybridized carbons (Fsp3) is 0.139. The Morgan fingerprint density at radius 2 is 1.90 bits per heavy atom. The molecule has 4 rings (SSSR count). The lowest BCUT2D eigenvalue weighted by Crippen LogP contribution is -2.21. The summed E-state index contributed by atoms with van der Waals surface area (Å²) in [5.74, 6) is 0. The standard InChI is InChI=1S/C36H37N3S/c1-7-13-32(31-20-21-40-24-31)33-23-35(37-27(33)6)36-26(5)34(38-39-36)19-16-25(4)30(9-3)22-28(8-2)17-18-29-14-11-10-12-15-29/h7-16,19-24,37-38H,1-2,5,17-18H2,3-4,6H3/b25-16+,28-22+,30-9+,32-13-,34-19+. The summed E-state index contributed by atoms with van der Waals surface area (Å²) in [6.45, 7) is 18.6. The molecule has 4 aromatic rings. The van der Waals surface area contributed by atoms with Gasteiger partial charge in [0.15, 0.2) is 0 Å². The van der Waals surface area contributed by atoms with E-state index in [9.17, 15) is 0 Å². The quantitative estimate of drug-likeness (QED) is 0.184. The molecule has 0 aliphatic heterocycles. The van der Waals surface area contributed by atoms with Crippen LogP contribution in [-0.4, -0.2) is 15.2 Å². The highest BCUT2D eigenvalue weighted by molar-refractivity contribution is 7.08. The van der Waals surface area contributed by atoms with Gasteiger partial charge in [0.1, 0.15) is 5.69 Å². The summed E-state index contributed by atoms with van der Waals surface area (Å²) in [6.07, 6.45) is 16.3. The molecule has 2 N–H and O–H groups in total. The van der Waals surface area contributed by atoms with Gasteiger partial charge >= 0.3 is 0 Å². The summed E-state index contributed by atoms with van der Waals surface area (Å²) in [6, 6.07) is 14.8. The Bertz CT molecular complexity index is 1700. The third-order valence-electron chi connectivity index (χ3n) is 6.99. The minimum atomic E-state index is 0.816. The molecule has 0 radical (unpaired) electrons. The van der Waals surface area contributed by atoms with Gasteiger partial charge in [-0.2, -0.15) is 16.4 Å². The van der Waals surface area contributed by atoms with Gasteiger partial charge < -0.3 is 4.98 Å². The fourth-order valence-electron chi connectivity index (χ4n) is 4.68. The summed E-state index contributed by atoms with van der Waals surface area (Å²) >= 11 is 1.69. The summed E-state index contributed by atoms with van der Waals surface area (Å²) in [5, 5.41) is 13.8. The van der Waals surface area contributed by atoms with Crippen LogP contribution >= 0.6 is 11.3 Å². The van der Waals surface area contributed by atoms with Crippen LogP contribution in [0.15, 0.2) is 120 Å². The van der Waals surface area contributed by atoms with E-state index < -0.39 is 0 Å². The average Bonchev–Trinajstić information content (AvgIpc) is 3.72. The number of nitrogens with one attached hydrogen (secondary N) is 2. The largest absolute Gasteiger partial charge is 0.357 e. The molecule has 0 amide bonds. The van der Waals surface area contributed by atoms with E-state index in [1.54, 1.807) is 11.3 Å². The van der Waals surface area contributed by atoms with Crippen LogP contribution in [0.2, 0.25) is 0 Å². The molecule has 0 saturated carbocycles. The number of aryl methyl sites for hydroxylation is 2. The SMILES string of the molecule is C=C/C=C(/c1ccsc1)c1cc(-c2n[nH]/c(=C/C=C(C)/C(/C=C(\C=C)CCc3ccccc3)=C/C)c2=C)[nH]c1C. The van der Waals surface area contributed by atoms with Crippen molar-refractivity contribution in [1.82, 2.24) is 15.2 Å². The smallest absolute Gasteiger partial charge is 0.116 e. The number of aromatic amines is 2. The topological polar surface area (TPSA) is 44.5 Å². The van der Waals surface area contributed by atoms with E-state index in [0.29, 0.717) is 0 Å². The van der Waals surface area contributed by atoms with Gasteiger partial charge in [0.25, 0.3) is 0 Å². The number of rotatable bonds is 11. The molecule has 0 spiro atoms. The maximum atomic E-state index is 4.61. The zero-order valence-electron chi connectivity index (χ0n) is 23.6. The number of aromatic nitrogens is 3. The average molecular weight is 544 g/mol. The van der Waals surface area contributed by atoms with E-state index in [4.69, 9.17) is 0 Å². The summed E-state index contributed by atoms with van der Waals surface area (Å²) in [4.78, 5) is 3.51. The minimum Gasteiger partial charge on any atom is -0.357 e. The van der Waals surface area contributed by atoms with Crippen molar-refractivity contribution < 1.29 is 0 Å². The molecule has 202 valence electrons. The van der Waals surface area contributed by atoms with Crippen LogP contribution in [0.3, 0.4) is 0 Å². The molecule has 3 heterocycles. The van der Waals surface area contributed by atoms with Crippen molar-refractivity contribution in [3.05, 3.63) is 153 Å². The zero-order valence-corrected chi connectivity index (χ0v) is 24.4. The second-order valence-corrected chi connectivity index (χ2v) is 10.5. The second kappa shape index (κ2) is 13.6. The molecule has 40 heavy (non-hydrogen) atoms. The molecular formula is C36H37N3S. The molecule has 0 aliphatic carbocycles. The predicted octanol–water partition coefficient (Wildman–Crippen LogP) is 8.22. The van der Waals surface area contributed by atoms with E-state index in [0.717, 1.165) is 57.2 Å². The van der Waals surface area contributed by atoms with Gasteiger partial charge in [-0.3, -0.25) is 5.10 Å². The van der Waals surface area contributed by atoms with Crippen LogP contribution in [0.1, 0.15) is 42.7 Å². The Balaban J connectivity index is 1.57. The van der Waals surface area contributed by atoms with Crippen molar-refractivity contribution in [2.75, 3.05) is 0 Å². The van der Waals surface area contributed by atoms with E-state index in [1.165, 1.54) is 22.3 Å². The first kappa shape index (κ1) is 28.6. The maximum Gasteiger partial charge on any atom is 0.116 e. The summed E-state index contributed by atoms with van der Waals surface area (Å²) in [5.41, 5.74) is 11.2. The van der Waals surface area contributed by atoms with Crippen molar-refractivity contribution in [3.8, 4) is 11.4 Å². The van der Waals surface area contributed by atoms with Crippen molar-refractivity contribution in [3.63, 3.8) is 0 Å². The molecule has 0 fully saturated rings.